The molecule has 2 N–H and O–H groups in total. The molecule has 1 aromatic heterocycles. The van der Waals surface area contributed by atoms with E-state index in [2.05, 4.69) is 11.8 Å². The number of nitrogens with zero attached hydrogens (tertiary/aromatic N) is 3. The van der Waals surface area contributed by atoms with E-state index in [-0.39, 0.29) is 12.5 Å². The van der Waals surface area contributed by atoms with Crippen LogP contribution in [0.4, 0.5) is 4.79 Å². The molecule has 4 rings (SSSR count). The number of imide groups is 1. The second-order valence-corrected chi connectivity index (χ2v) is 9.54. The largest absolute Gasteiger partial charge is 0.466 e. The van der Waals surface area contributed by atoms with Crippen molar-refractivity contribution in [3.05, 3.63) is 59.5 Å². The average Bonchev–Trinajstić information content (AvgIpc) is 3.34. The molecule has 1 atom stereocenters. The molecule has 2 saturated heterocycles. The predicted molar refractivity (Wildman–Crippen MR) is 128 cm³/mol. The highest BCUT2D eigenvalue weighted by atomic mass is 16.3. The van der Waals surface area contributed by atoms with Gasteiger partial charge in [0.15, 0.2) is 0 Å². The molecule has 34 heavy (non-hydrogen) atoms. The second kappa shape index (κ2) is 10.0. The number of piperidine rings is 1. The monoisotopic (exact) mass is 466 g/mol. The van der Waals surface area contributed by atoms with Crippen molar-refractivity contribution in [2.24, 2.45) is 5.73 Å². The van der Waals surface area contributed by atoms with E-state index < -0.39 is 17.5 Å². The minimum atomic E-state index is -0.901. The number of carbonyl (C=O) groups is 3. The number of hydrogen-bond donors (Lipinski definition) is 1. The molecule has 1 unspecified atom stereocenters. The first-order chi connectivity index (χ1) is 16.3. The van der Waals surface area contributed by atoms with Gasteiger partial charge >= 0.3 is 6.03 Å². The molecule has 3 heterocycles. The van der Waals surface area contributed by atoms with Crippen LogP contribution in [0.15, 0.2) is 46.9 Å². The van der Waals surface area contributed by atoms with Gasteiger partial charge in [-0.05, 0) is 56.8 Å². The van der Waals surface area contributed by atoms with Gasteiger partial charge in [0.2, 0.25) is 5.91 Å². The van der Waals surface area contributed by atoms with Crippen molar-refractivity contribution in [1.29, 1.82) is 0 Å². The minimum Gasteiger partial charge on any atom is -0.466 e. The maximum Gasteiger partial charge on any atom is 0.328 e. The quantitative estimate of drug-likeness (QED) is 0.573. The van der Waals surface area contributed by atoms with Crippen LogP contribution in [0.3, 0.4) is 0 Å². The Morgan fingerprint density at radius 1 is 1.09 bits per heavy atom. The number of urea groups is 1. The molecule has 0 radical (unpaired) electrons. The van der Waals surface area contributed by atoms with Crippen LogP contribution >= 0.6 is 0 Å². The van der Waals surface area contributed by atoms with Gasteiger partial charge < -0.3 is 20.0 Å². The summed E-state index contributed by atoms with van der Waals surface area (Å²) in [5.41, 5.74) is 5.55. The standard InChI is InChI=1S/C26H34N4O4/c1-19(22-9-8-20(2)34-22)10-14-28-16-12-26(13-17-28)24(32)29(18-23(27)31)25(33)30(26)15-11-21-6-4-3-5-7-21/h3-9,19H,10-18H2,1-2H3,(H2,27,31). The lowest BCUT2D eigenvalue weighted by Gasteiger charge is -2.42. The van der Waals surface area contributed by atoms with E-state index in [4.69, 9.17) is 10.2 Å². The Kier molecular flexibility index (Phi) is 7.07. The Morgan fingerprint density at radius 3 is 2.41 bits per heavy atom. The lowest BCUT2D eigenvalue weighted by Crippen LogP contribution is -2.57. The van der Waals surface area contributed by atoms with Gasteiger partial charge in [0.25, 0.3) is 5.91 Å². The zero-order valence-electron chi connectivity index (χ0n) is 20.0. The number of carbonyl (C=O) groups excluding carboxylic acids is 3. The first-order valence-corrected chi connectivity index (χ1v) is 12.0. The lowest BCUT2D eigenvalue weighted by atomic mass is 9.85. The Labute approximate surface area is 200 Å². The maximum absolute atomic E-state index is 13.4. The Bertz CT molecular complexity index is 1030. The smallest absolute Gasteiger partial charge is 0.328 e. The summed E-state index contributed by atoms with van der Waals surface area (Å²) >= 11 is 0. The van der Waals surface area contributed by atoms with Gasteiger partial charge in [0.1, 0.15) is 23.6 Å². The summed E-state index contributed by atoms with van der Waals surface area (Å²) in [6, 6.07) is 13.5. The SMILES string of the molecule is Cc1ccc(C(C)CCN2CCC3(CC2)C(=O)N(CC(N)=O)C(=O)N3CCc2ccccc2)o1. The summed E-state index contributed by atoms with van der Waals surface area (Å²) in [6.07, 6.45) is 2.71. The van der Waals surface area contributed by atoms with Crippen molar-refractivity contribution in [2.75, 3.05) is 32.7 Å². The highest BCUT2D eigenvalue weighted by molar-refractivity contribution is 6.09. The van der Waals surface area contributed by atoms with Crippen molar-refractivity contribution < 1.29 is 18.8 Å². The summed E-state index contributed by atoms with van der Waals surface area (Å²) in [5.74, 6) is 1.26. The third-order valence-corrected chi connectivity index (χ3v) is 7.21. The number of aryl methyl sites for hydroxylation is 1. The molecule has 0 aliphatic carbocycles. The molecule has 2 aliphatic heterocycles. The summed E-state index contributed by atoms with van der Waals surface area (Å²) < 4.78 is 5.76. The van der Waals surface area contributed by atoms with Crippen molar-refractivity contribution >= 4 is 17.8 Å². The molecule has 8 nitrogen and oxygen atoms in total. The van der Waals surface area contributed by atoms with Gasteiger partial charge in [-0.2, -0.15) is 0 Å². The molecule has 1 spiro atoms. The molecule has 0 saturated carbocycles. The first kappa shape index (κ1) is 24.0. The fraction of sp³-hybridized carbons (Fsp3) is 0.500. The molecule has 2 fully saturated rings. The van der Waals surface area contributed by atoms with Crippen LogP contribution in [-0.4, -0.2) is 70.8 Å². The molecule has 4 amide bonds. The first-order valence-electron chi connectivity index (χ1n) is 12.0. The van der Waals surface area contributed by atoms with E-state index in [0.29, 0.717) is 31.7 Å². The fourth-order valence-corrected chi connectivity index (χ4v) is 5.14. The third-order valence-electron chi connectivity index (χ3n) is 7.21. The average molecular weight is 467 g/mol. The van der Waals surface area contributed by atoms with E-state index in [1.54, 1.807) is 4.90 Å². The lowest BCUT2D eigenvalue weighted by molar-refractivity contribution is -0.137. The van der Waals surface area contributed by atoms with Crippen molar-refractivity contribution in [3.63, 3.8) is 0 Å². The summed E-state index contributed by atoms with van der Waals surface area (Å²) in [4.78, 5) is 43.3. The van der Waals surface area contributed by atoms with Crippen LogP contribution in [0.5, 0.6) is 0 Å². The van der Waals surface area contributed by atoms with Crippen LogP contribution < -0.4 is 5.73 Å². The van der Waals surface area contributed by atoms with E-state index >= 15 is 0 Å². The second-order valence-electron chi connectivity index (χ2n) is 9.54. The zero-order chi connectivity index (χ0) is 24.3. The van der Waals surface area contributed by atoms with Crippen molar-refractivity contribution in [3.8, 4) is 0 Å². The highest BCUT2D eigenvalue weighted by Gasteiger charge is 2.57. The van der Waals surface area contributed by atoms with Gasteiger partial charge in [-0.25, -0.2) is 4.79 Å². The highest BCUT2D eigenvalue weighted by Crippen LogP contribution is 2.37. The normalized spacial score (nSPS) is 19.2. The van der Waals surface area contributed by atoms with E-state index in [1.165, 1.54) is 0 Å². The fourth-order valence-electron chi connectivity index (χ4n) is 5.14. The van der Waals surface area contributed by atoms with Gasteiger partial charge in [-0.1, -0.05) is 37.3 Å². The van der Waals surface area contributed by atoms with E-state index in [9.17, 15) is 14.4 Å². The topological polar surface area (TPSA) is 100 Å². The molecule has 8 heteroatoms. The zero-order valence-corrected chi connectivity index (χ0v) is 20.0. The molecule has 0 bridgehead atoms. The van der Waals surface area contributed by atoms with Crippen LogP contribution in [0.2, 0.25) is 0 Å². The molecular weight excluding hydrogens is 432 g/mol. The Balaban J connectivity index is 1.43. The van der Waals surface area contributed by atoms with Gasteiger partial charge in [-0.3, -0.25) is 14.5 Å². The van der Waals surface area contributed by atoms with Crippen LogP contribution in [0.1, 0.15) is 49.2 Å². The van der Waals surface area contributed by atoms with Crippen molar-refractivity contribution in [1.82, 2.24) is 14.7 Å². The molecule has 182 valence electrons. The molecular formula is C26H34N4O4. The summed E-state index contributed by atoms with van der Waals surface area (Å²) in [7, 11) is 0. The number of rotatable bonds is 9. The van der Waals surface area contributed by atoms with Crippen LogP contribution in [-0.2, 0) is 16.0 Å². The number of likely N-dealkylation sites (tertiary alicyclic amines) is 1. The van der Waals surface area contributed by atoms with Crippen LogP contribution in [0, 0.1) is 6.92 Å². The number of furan rings is 1. The molecule has 2 aliphatic rings. The Morgan fingerprint density at radius 2 is 1.79 bits per heavy atom. The number of amides is 4. The van der Waals surface area contributed by atoms with Gasteiger partial charge in [-0.15, -0.1) is 0 Å². The van der Waals surface area contributed by atoms with Gasteiger partial charge in [0, 0.05) is 25.6 Å². The van der Waals surface area contributed by atoms with E-state index in [1.807, 2.05) is 49.4 Å². The van der Waals surface area contributed by atoms with Crippen LogP contribution in [0.25, 0.3) is 0 Å². The molecule has 1 aromatic carbocycles. The van der Waals surface area contributed by atoms with Crippen molar-refractivity contribution in [2.45, 2.75) is 51.0 Å². The third kappa shape index (κ3) is 4.87. The van der Waals surface area contributed by atoms with Gasteiger partial charge in [0.05, 0.1) is 0 Å². The number of benzene rings is 1. The maximum atomic E-state index is 13.4. The predicted octanol–water partition coefficient (Wildman–Crippen LogP) is 2.91. The summed E-state index contributed by atoms with van der Waals surface area (Å²) in [6.45, 7) is 6.50. The molecule has 2 aromatic rings. The number of nitrogens with two attached hydrogens (primary N) is 1. The number of primary amides is 1. The van der Waals surface area contributed by atoms with E-state index in [0.717, 1.165) is 48.0 Å². The summed E-state index contributed by atoms with van der Waals surface area (Å²) in [5, 5.41) is 0. The number of hydrogen-bond acceptors (Lipinski definition) is 5. The minimum absolute atomic E-state index is 0.288. The Hall–Kier alpha value is -3.13.